The number of hydrogen-bond donors (Lipinski definition) is 1. The Morgan fingerprint density at radius 2 is 1.86 bits per heavy atom. The van der Waals surface area contributed by atoms with Gasteiger partial charge in [-0.15, -0.1) is 0 Å². The molecule has 0 spiro atoms. The van der Waals surface area contributed by atoms with Gasteiger partial charge < -0.3 is 19.5 Å². The Bertz CT molecular complexity index is 912. The summed E-state index contributed by atoms with van der Waals surface area (Å²) in [6.45, 7) is 0.238. The molecule has 2 aromatic rings. The van der Waals surface area contributed by atoms with E-state index in [-0.39, 0.29) is 17.1 Å². The number of carbonyl (C=O) groups excluding carboxylic acids is 2. The van der Waals surface area contributed by atoms with Gasteiger partial charge in [0, 0.05) is 17.3 Å². The van der Waals surface area contributed by atoms with Crippen molar-refractivity contribution in [3.8, 4) is 11.5 Å². The van der Waals surface area contributed by atoms with E-state index in [0.29, 0.717) is 5.69 Å². The van der Waals surface area contributed by atoms with Gasteiger partial charge in [0.25, 0.3) is 5.91 Å². The average Bonchev–Trinajstić information content (AvgIpc) is 2.68. The number of benzene rings is 2. The molecule has 0 saturated heterocycles. The Kier molecular flexibility index (Phi) is 7.70. The third kappa shape index (κ3) is 6.31. The monoisotopic (exact) mass is 405 g/mol. The van der Waals surface area contributed by atoms with Crippen LogP contribution in [-0.4, -0.2) is 32.2 Å². The highest BCUT2D eigenvalue weighted by molar-refractivity contribution is 5.95. The second-order valence-corrected chi connectivity index (χ2v) is 5.99. The molecule has 29 heavy (non-hydrogen) atoms. The minimum Gasteiger partial charge on any atom is -0.493 e. The van der Waals surface area contributed by atoms with Gasteiger partial charge in [-0.05, 0) is 43.2 Å². The van der Waals surface area contributed by atoms with Crippen molar-refractivity contribution < 1.29 is 32.6 Å². The quantitative estimate of drug-likeness (QED) is 0.529. The second kappa shape index (κ2) is 10.2. The van der Waals surface area contributed by atoms with Crippen LogP contribution in [0.15, 0.2) is 42.5 Å². The van der Waals surface area contributed by atoms with Gasteiger partial charge in [0.05, 0.1) is 7.11 Å². The average molecular weight is 405 g/mol. The van der Waals surface area contributed by atoms with Crippen molar-refractivity contribution in [2.45, 2.75) is 20.5 Å². The lowest BCUT2D eigenvalue weighted by molar-refractivity contribution is -0.142. The number of nitrogens with one attached hydrogen (secondary N) is 1. The van der Waals surface area contributed by atoms with Crippen molar-refractivity contribution >= 4 is 23.6 Å². The van der Waals surface area contributed by atoms with Crippen LogP contribution in [0.3, 0.4) is 0 Å². The molecule has 2 aromatic carbocycles. The summed E-state index contributed by atoms with van der Waals surface area (Å²) in [5, 5.41) is 2.67. The van der Waals surface area contributed by atoms with Gasteiger partial charge in [-0.25, -0.2) is 4.79 Å². The number of anilines is 1. The largest absolute Gasteiger partial charge is 0.493 e. The number of amides is 1. The van der Waals surface area contributed by atoms with Gasteiger partial charge in [-0.1, -0.05) is 24.3 Å². The van der Waals surface area contributed by atoms with Crippen molar-refractivity contribution in [3.63, 3.8) is 0 Å². The van der Waals surface area contributed by atoms with Crippen LogP contribution in [0.1, 0.15) is 16.7 Å². The SMILES string of the molecule is COc1cccc(/C=C/C(=O)OCC(=O)Nc2cccc(C)c2C)c1OC(F)F. The van der Waals surface area contributed by atoms with Crippen molar-refractivity contribution in [1.82, 2.24) is 0 Å². The molecule has 154 valence electrons. The molecule has 0 heterocycles. The predicted molar refractivity (Wildman–Crippen MR) is 104 cm³/mol. The molecule has 0 saturated carbocycles. The van der Waals surface area contributed by atoms with Crippen LogP contribution < -0.4 is 14.8 Å². The summed E-state index contributed by atoms with van der Waals surface area (Å²) in [7, 11) is 1.31. The zero-order valence-corrected chi connectivity index (χ0v) is 16.2. The molecule has 0 aromatic heterocycles. The smallest absolute Gasteiger partial charge is 0.387 e. The molecule has 2 rings (SSSR count). The van der Waals surface area contributed by atoms with Crippen molar-refractivity contribution in [2.75, 3.05) is 19.0 Å². The third-order valence-corrected chi connectivity index (χ3v) is 4.06. The first-order chi connectivity index (χ1) is 13.8. The van der Waals surface area contributed by atoms with Crippen LogP contribution in [-0.2, 0) is 14.3 Å². The molecule has 6 nitrogen and oxygen atoms in total. The predicted octanol–water partition coefficient (Wildman–Crippen LogP) is 4.11. The molecule has 8 heteroatoms. The van der Waals surface area contributed by atoms with Gasteiger partial charge in [-0.3, -0.25) is 4.79 Å². The topological polar surface area (TPSA) is 73.9 Å². The van der Waals surface area contributed by atoms with Crippen LogP contribution >= 0.6 is 0 Å². The zero-order valence-electron chi connectivity index (χ0n) is 16.2. The molecule has 0 bridgehead atoms. The lowest BCUT2D eigenvalue weighted by Crippen LogP contribution is -2.20. The highest BCUT2D eigenvalue weighted by Crippen LogP contribution is 2.33. The third-order valence-electron chi connectivity index (χ3n) is 4.06. The molecule has 0 radical (unpaired) electrons. The molecule has 0 atom stereocenters. The number of halogens is 2. The summed E-state index contributed by atoms with van der Waals surface area (Å²) in [5.41, 5.74) is 2.76. The Labute approximate surface area is 167 Å². The highest BCUT2D eigenvalue weighted by Gasteiger charge is 2.14. The van der Waals surface area contributed by atoms with Gasteiger partial charge in [0.1, 0.15) is 0 Å². The molecule has 1 amide bonds. The van der Waals surface area contributed by atoms with Crippen molar-refractivity contribution in [1.29, 1.82) is 0 Å². The fourth-order valence-electron chi connectivity index (χ4n) is 2.46. The van der Waals surface area contributed by atoms with Crippen LogP contribution in [0, 0.1) is 13.8 Å². The highest BCUT2D eigenvalue weighted by atomic mass is 19.3. The number of para-hydroxylation sites is 1. The maximum absolute atomic E-state index is 12.6. The fraction of sp³-hybridized carbons (Fsp3) is 0.238. The number of carbonyl (C=O) groups is 2. The van der Waals surface area contributed by atoms with E-state index >= 15 is 0 Å². The van der Waals surface area contributed by atoms with Gasteiger partial charge in [-0.2, -0.15) is 8.78 Å². The molecule has 1 N–H and O–H groups in total. The number of alkyl halides is 2. The Morgan fingerprint density at radius 3 is 2.55 bits per heavy atom. The first-order valence-electron chi connectivity index (χ1n) is 8.64. The summed E-state index contributed by atoms with van der Waals surface area (Å²) in [5.74, 6) is -1.43. The number of methoxy groups -OCH3 is 1. The van der Waals surface area contributed by atoms with E-state index in [2.05, 4.69) is 10.1 Å². The van der Waals surface area contributed by atoms with Crippen LogP contribution in [0.2, 0.25) is 0 Å². The number of rotatable bonds is 8. The summed E-state index contributed by atoms with van der Waals surface area (Å²) < 4.78 is 39.6. The van der Waals surface area contributed by atoms with E-state index in [1.54, 1.807) is 18.2 Å². The van der Waals surface area contributed by atoms with Crippen LogP contribution in [0.4, 0.5) is 14.5 Å². The fourth-order valence-corrected chi connectivity index (χ4v) is 2.46. The van der Waals surface area contributed by atoms with Gasteiger partial charge in [0.2, 0.25) is 0 Å². The van der Waals surface area contributed by atoms with Gasteiger partial charge >= 0.3 is 12.6 Å². The summed E-state index contributed by atoms with van der Waals surface area (Å²) >= 11 is 0. The summed E-state index contributed by atoms with van der Waals surface area (Å²) in [6.07, 6.45) is 2.25. The zero-order chi connectivity index (χ0) is 21.4. The Balaban J connectivity index is 1.98. The van der Waals surface area contributed by atoms with E-state index in [9.17, 15) is 18.4 Å². The molecule has 0 aliphatic carbocycles. The lowest BCUT2D eigenvalue weighted by atomic mass is 10.1. The molecule has 0 unspecified atom stereocenters. The minimum absolute atomic E-state index is 0.0914. The summed E-state index contributed by atoms with van der Waals surface area (Å²) in [6, 6.07) is 9.94. The maximum Gasteiger partial charge on any atom is 0.387 e. The van der Waals surface area contributed by atoms with E-state index < -0.39 is 25.1 Å². The normalized spacial score (nSPS) is 10.8. The standard InChI is InChI=1S/C21H21F2NO5/c1-13-6-4-8-16(14(13)2)24-18(25)12-28-19(26)11-10-15-7-5-9-17(27-3)20(15)29-21(22)23/h4-11,21H,12H2,1-3H3,(H,24,25)/b11-10+. The first-order valence-corrected chi connectivity index (χ1v) is 8.64. The van der Waals surface area contributed by atoms with Crippen molar-refractivity contribution in [2.24, 2.45) is 0 Å². The number of hydrogen-bond acceptors (Lipinski definition) is 5. The van der Waals surface area contributed by atoms with Crippen LogP contribution in [0.25, 0.3) is 6.08 Å². The van der Waals surface area contributed by atoms with E-state index in [1.165, 1.54) is 25.3 Å². The Hall–Kier alpha value is -3.42. The summed E-state index contributed by atoms with van der Waals surface area (Å²) in [4.78, 5) is 23.9. The molecular formula is C21H21F2NO5. The van der Waals surface area contributed by atoms with E-state index in [1.807, 2.05) is 19.9 Å². The number of aryl methyl sites for hydroxylation is 1. The van der Waals surface area contributed by atoms with E-state index in [0.717, 1.165) is 17.2 Å². The molecule has 0 aliphatic heterocycles. The minimum atomic E-state index is -3.06. The van der Waals surface area contributed by atoms with E-state index in [4.69, 9.17) is 9.47 Å². The molecule has 0 aliphatic rings. The van der Waals surface area contributed by atoms with Gasteiger partial charge in [0.15, 0.2) is 18.1 Å². The first kappa shape index (κ1) is 21.9. The number of esters is 1. The van der Waals surface area contributed by atoms with Crippen molar-refractivity contribution in [3.05, 3.63) is 59.2 Å². The maximum atomic E-state index is 12.6. The van der Waals surface area contributed by atoms with Crippen LogP contribution in [0.5, 0.6) is 11.5 Å². The second-order valence-electron chi connectivity index (χ2n) is 5.99. The Morgan fingerprint density at radius 1 is 1.14 bits per heavy atom. The molecule has 0 fully saturated rings. The number of ether oxygens (including phenoxy) is 3. The lowest BCUT2D eigenvalue weighted by Gasteiger charge is -2.12. The molecular weight excluding hydrogens is 384 g/mol.